The van der Waals surface area contributed by atoms with E-state index in [4.69, 9.17) is 18.9 Å². The van der Waals surface area contributed by atoms with Crippen LogP contribution in [0.4, 0.5) is 0 Å². The van der Waals surface area contributed by atoms with Crippen molar-refractivity contribution in [2.75, 3.05) is 21.0 Å². The number of carbonyl (C=O) groups is 1. The number of ketones is 1. The van der Waals surface area contributed by atoms with Crippen molar-refractivity contribution in [3.63, 3.8) is 0 Å². The second kappa shape index (κ2) is 8.36. The van der Waals surface area contributed by atoms with Gasteiger partial charge in [-0.3, -0.25) is 14.7 Å². The molecule has 7 heteroatoms. The summed E-state index contributed by atoms with van der Waals surface area (Å²) >= 11 is 0. The van der Waals surface area contributed by atoms with Crippen LogP contribution in [0.1, 0.15) is 27.0 Å². The molecule has 0 saturated heterocycles. The Morgan fingerprint density at radius 3 is 2.66 bits per heavy atom. The van der Waals surface area contributed by atoms with Crippen molar-refractivity contribution in [3.8, 4) is 23.0 Å². The van der Waals surface area contributed by atoms with Crippen LogP contribution in [0.15, 0.2) is 60.6 Å². The van der Waals surface area contributed by atoms with E-state index in [9.17, 15) is 4.79 Å². The maximum absolute atomic E-state index is 13.0. The SMILES string of the molecule is COc1ccc(/C=C2\Oc3c(ccc4c3CN(Cc3ccncc3)CO4)C2=O)cc1OC. The van der Waals surface area contributed by atoms with E-state index < -0.39 is 0 Å². The third kappa shape index (κ3) is 3.67. The zero-order chi connectivity index (χ0) is 22.1. The first-order valence-electron chi connectivity index (χ1n) is 10.2. The predicted octanol–water partition coefficient (Wildman–Crippen LogP) is 4.07. The monoisotopic (exact) mass is 430 g/mol. The minimum Gasteiger partial charge on any atom is -0.493 e. The number of ether oxygens (including phenoxy) is 4. The number of fused-ring (bicyclic) bond motifs is 3. The molecule has 32 heavy (non-hydrogen) atoms. The van der Waals surface area contributed by atoms with Crippen molar-refractivity contribution in [2.24, 2.45) is 0 Å². The van der Waals surface area contributed by atoms with Crippen molar-refractivity contribution >= 4 is 11.9 Å². The summed E-state index contributed by atoms with van der Waals surface area (Å²) in [6.45, 7) is 1.81. The molecule has 162 valence electrons. The third-order valence-corrected chi connectivity index (χ3v) is 5.54. The van der Waals surface area contributed by atoms with Gasteiger partial charge in [0.05, 0.1) is 25.3 Å². The number of carbonyl (C=O) groups excluding carboxylic acids is 1. The summed E-state index contributed by atoms with van der Waals surface area (Å²) < 4.78 is 22.7. The summed E-state index contributed by atoms with van der Waals surface area (Å²) in [6.07, 6.45) is 5.27. The summed E-state index contributed by atoms with van der Waals surface area (Å²) in [5, 5.41) is 0. The third-order valence-electron chi connectivity index (χ3n) is 5.54. The van der Waals surface area contributed by atoms with Crippen LogP contribution in [0.5, 0.6) is 23.0 Å². The first-order valence-corrected chi connectivity index (χ1v) is 10.2. The standard InChI is InChI=1S/C25H22N2O5/c1-29-21-5-3-17(11-22(21)30-2)12-23-24(28)18-4-6-20-19(25(18)32-23)14-27(15-31-20)13-16-7-9-26-10-8-16/h3-12H,13-15H2,1-2H3/b23-12-. The van der Waals surface area contributed by atoms with Gasteiger partial charge in [0.25, 0.3) is 0 Å². The normalized spacial score (nSPS) is 16.2. The molecule has 2 aliphatic heterocycles. The Kier molecular flexibility index (Phi) is 5.25. The molecule has 3 aromatic rings. The van der Waals surface area contributed by atoms with Gasteiger partial charge in [-0.2, -0.15) is 0 Å². The summed E-state index contributed by atoms with van der Waals surface area (Å²) in [6, 6.07) is 13.0. The molecule has 7 nitrogen and oxygen atoms in total. The molecule has 0 unspecified atom stereocenters. The van der Waals surface area contributed by atoms with Crippen molar-refractivity contribution in [1.82, 2.24) is 9.88 Å². The minimum atomic E-state index is -0.149. The average molecular weight is 430 g/mol. The number of allylic oxidation sites excluding steroid dienone is 1. The second-order valence-electron chi connectivity index (χ2n) is 7.59. The van der Waals surface area contributed by atoms with Crippen LogP contribution < -0.4 is 18.9 Å². The highest BCUT2D eigenvalue weighted by Crippen LogP contribution is 2.42. The van der Waals surface area contributed by atoms with Gasteiger partial charge < -0.3 is 18.9 Å². The zero-order valence-corrected chi connectivity index (χ0v) is 17.8. The van der Waals surface area contributed by atoms with Crippen molar-refractivity contribution < 1.29 is 23.7 Å². The summed E-state index contributed by atoms with van der Waals surface area (Å²) in [5.74, 6) is 2.64. The Morgan fingerprint density at radius 1 is 1.06 bits per heavy atom. The van der Waals surface area contributed by atoms with Crippen molar-refractivity contribution in [3.05, 3.63) is 82.9 Å². The summed E-state index contributed by atoms with van der Waals surface area (Å²) in [7, 11) is 3.16. The van der Waals surface area contributed by atoms with Gasteiger partial charge in [0, 0.05) is 25.5 Å². The van der Waals surface area contributed by atoms with Gasteiger partial charge in [0.1, 0.15) is 18.2 Å². The fourth-order valence-corrected chi connectivity index (χ4v) is 3.95. The lowest BCUT2D eigenvalue weighted by Crippen LogP contribution is -2.31. The van der Waals surface area contributed by atoms with Crippen LogP contribution in [0.2, 0.25) is 0 Å². The average Bonchev–Trinajstić information content (AvgIpc) is 3.15. The molecule has 0 atom stereocenters. The molecule has 0 spiro atoms. The van der Waals surface area contributed by atoms with Crippen LogP contribution in [0.25, 0.3) is 6.08 Å². The lowest BCUT2D eigenvalue weighted by molar-refractivity contribution is 0.0872. The van der Waals surface area contributed by atoms with E-state index in [0.717, 1.165) is 22.4 Å². The van der Waals surface area contributed by atoms with Crippen LogP contribution >= 0.6 is 0 Å². The molecule has 2 aliphatic rings. The molecule has 0 N–H and O–H groups in total. The van der Waals surface area contributed by atoms with E-state index in [1.165, 1.54) is 0 Å². The molecule has 2 aromatic carbocycles. The molecule has 0 aliphatic carbocycles. The first-order chi connectivity index (χ1) is 15.7. The smallest absolute Gasteiger partial charge is 0.231 e. The number of nitrogens with zero attached hydrogens (tertiary/aromatic N) is 2. The fourth-order valence-electron chi connectivity index (χ4n) is 3.95. The Hall–Kier alpha value is -3.84. The number of rotatable bonds is 5. The van der Waals surface area contributed by atoms with Gasteiger partial charge in [-0.15, -0.1) is 0 Å². The van der Waals surface area contributed by atoms with E-state index in [1.54, 1.807) is 50.9 Å². The molecule has 0 saturated carbocycles. The molecule has 0 bridgehead atoms. The number of benzene rings is 2. The highest BCUT2D eigenvalue weighted by atomic mass is 16.5. The van der Waals surface area contributed by atoms with Gasteiger partial charge in [0.2, 0.25) is 5.78 Å². The van der Waals surface area contributed by atoms with E-state index in [-0.39, 0.29) is 11.5 Å². The zero-order valence-electron chi connectivity index (χ0n) is 17.8. The Balaban J connectivity index is 1.42. The number of Topliss-reactive ketones (excluding diaryl/α,β-unsaturated/α-hetero) is 1. The highest BCUT2D eigenvalue weighted by molar-refractivity contribution is 6.15. The quantitative estimate of drug-likeness (QED) is 0.565. The first kappa shape index (κ1) is 20.1. The molecular weight excluding hydrogens is 408 g/mol. The lowest BCUT2D eigenvalue weighted by atomic mass is 10.0. The molecule has 1 aromatic heterocycles. The fraction of sp³-hybridized carbons (Fsp3) is 0.200. The largest absolute Gasteiger partial charge is 0.493 e. The van der Waals surface area contributed by atoms with Crippen molar-refractivity contribution in [1.29, 1.82) is 0 Å². The molecule has 0 fully saturated rings. The van der Waals surface area contributed by atoms with Gasteiger partial charge in [-0.1, -0.05) is 6.07 Å². The van der Waals surface area contributed by atoms with Crippen LogP contribution in [0, 0.1) is 0 Å². The van der Waals surface area contributed by atoms with Crippen LogP contribution in [-0.4, -0.2) is 36.6 Å². The van der Waals surface area contributed by atoms with E-state index >= 15 is 0 Å². The number of hydrogen-bond donors (Lipinski definition) is 0. The second-order valence-corrected chi connectivity index (χ2v) is 7.59. The molecule has 0 amide bonds. The van der Waals surface area contributed by atoms with Gasteiger partial charge >= 0.3 is 0 Å². The van der Waals surface area contributed by atoms with E-state index in [1.807, 2.05) is 24.3 Å². The number of methoxy groups -OCH3 is 2. The highest BCUT2D eigenvalue weighted by Gasteiger charge is 2.33. The van der Waals surface area contributed by atoms with E-state index in [2.05, 4.69) is 9.88 Å². The van der Waals surface area contributed by atoms with Crippen LogP contribution in [0.3, 0.4) is 0 Å². The summed E-state index contributed by atoms with van der Waals surface area (Å²) in [4.78, 5) is 19.2. The lowest BCUT2D eigenvalue weighted by Gasteiger charge is -2.29. The van der Waals surface area contributed by atoms with E-state index in [0.29, 0.717) is 42.6 Å². The maximum atomic E-state index is 13.0. The number of aromatic nitrogens is 1. The minimum absolute atomic E-state index is 0.149. The Labute approximate surface area is 185 Å². The van der Waals surface area contributed by atoms with Gasteiger partial charge in [-0.25, -0.2) is 0 Å². The van der Waals surface area contributed by atoms with Gasteiger partial charge in [-0.05, 0) is 53.6 Å². The van der Waals surface area contributed by atoms with Crippen molar-refractivity contribution in [2.45, 2.75) is 13.1 Å². The van der Waals surface area contributed by atoms with Crippen LogP contribution in [-0.2, 0) is 13.1 Å². The molecular formula is C25H22N2O5. The number of hydrogen-bond acceptors (Lipinski definition) is 7. The topological polar surface area (TPSA) is 70.1 Å². The molecule has 5 rings (SSSR count). The molecule has 3 heterocycles. The predicted molar refractivity (Wildman–Crippen MR) is 118 cm³/mol. The Morgan fingerprint density at radius 2 is 1.88 bits per heavy atom. The molecule has 0 radical (unpaired) electrons. The van der Waals surface area contributed by atoms with Gasteiger partial charge in [0.15, 0.2) is 17.3 Å². The summed E-state index contributed by atoms with van der Waals surface area (Å²) in [5.41, 5.74) is 3.35. The maximum Gasteiger partial charge on any atom is 0.231 e. The Bertz CT molecular complexity index is 1210. The number of pyridine rings is 1.